The van der Waals surface area contributed by atoms with Gasteiger partial charge >= 0.3 is 5.97 Å². The summed E-state index contributed by atoms with van der Waals surface area (Å²) in [6, 6.07) is 4.16. The first kappa shape index (κ1) is 18.0. The smallest absolute Gasteiger partial charge is 0.306 e. The van der Waals surface area contributed by atoms with Crippen LogP contribution in [0.3, 0.4) is 0 Å². The minimum absolute atomic E-state index is 0.153. The highest BCUT2D eigenvalue weighted by Crippen LogP contribution is 2.61. The fraction of sp³-hybridized carbons (Fsp3) is 0.714. The highest BCUT2D eigenvalue weighted by molar-refractivity contribution is 7.09. The van der Waals surface area contributed by atoms with Gasteiger partial charge in [-0.2, -0.15) is 0 Å². The van der Waals surface area contributed by atoms with E-state index in [1.54, 1.807) is 11.3 Å². The number of aryl methyl sites for hydroxylation is 1. The molecule has 0 spiro atoms. The Morgan fingerprint density at radius 3 is 2.46 bits per heavy atom. The number of nitrogens with one attached hydrogen (secondary N) is 1. The molecule has 0 radical (unpaired) electrons. The van der Waals surface area contributed by atoms with E-state index in [0.717, 1.165) is 17.8 Å². The molecule has 4 fully saturated rings. The second kappa shape index (κ2) is 7.34. The first-order valence-corrected chi connectivity index (χ1v) is 10.9. The maximum absolute atomic E-state index is 12.3. The lowest BCUT2D eigenvalue weighted by atomic mass is 9.48. The van der Waals surface area contributed by atoms with Crippen LogP contribution in [0.15, 0.2) is 17.5 Å². The second-order valence-electron chi connectivity index (χ2n) is 8.81. The van der Waals surface area contributed by atoms with E-state index in [4.69, 9.17) is 4.74 Å². The highest BCUT2D eigenvalue weighted by atomic mass is 32.1. The first-order valence-electron chi connectivity index (χ1n) is 10.00. The van der Waals surface area contributed by atoms with Crippen molar-refractivity contribution in [2.45, 2.75) is 64.3 Å². The van der Waals surface area contributed by atoms with Crippen molar-refractivity contribution in [2.24, 2.45) is 23.2 Å². The molecule has 1 N–H and O–H groups in total. The van der Waals surface area contributed by atoms with Crippen molar-refractivity contribution in [1.29, 1.82) is 0 Å². The van der Waals surface area contributed by atoms with Gasteiger partial charge in [0.1, 0.15) is 0 Å². The molecule has 5 rings (SSSR count). The van der Waals surface area contributed by atoms with Gasteiger partial charge in [-0.15, -0.1) is 11.3 Å². The Morgan fingerprint density at radius 1 is 1.23 bits per heavy atom. The van der Waals surface area contributed by atoms with Crippen molar-refractivity contribution >= 4 is 23.2 Å². The molecule has 0 aromatic carbocycles. The van der Waals surface area contributed by atoms with E-state index in [2.05, 4.69) is 12.2 Å². The SMILES string of the molecule is C[C@H](NC(=O)COC(=O)CCc1cccs1)C12CC3CC(CC(C3)C1)C2. The van der Waals surface area contributed by atoms with Gasteiger partial charge in [0.15, 0.2) is 6.61 Å². The zero-order valence-corrected chi connectivity index (χ0v) is 16.4. The third kappa shape index (κ3) is 3.83. The Morgan fingerprint density at radius 2 is 1.88 bits per heavy atom. The van der Waals surface area contributed by atoms with Gasteiger partial charge in [-0.1, -0.05) is 6.07 Å². The quantitative estimate of drug-likeness (QED) is 0.734. The van der Waals surface area contributed by atoms with E-state index >= 15 is 0 Å². The van der Waals surface area contributed by atoms with Crippen LogP contribution in [0, 0.1) is 23.2 Å². The number of esters is 1. The summed E-state index contributed by atoms with van der Waals surface area (Å²) in [6.45, 7) is 2.00. The van der Waals surface area contributed by atoms with E-state index in [9.17, 15) is 9.59 Å². The summed E-state index contributed by atoms with van der Waals surface area (Å²) in [5.74, 6) is 2.16. The van der Waals surface area contributed by atoms with E-state index < -0.39 is 0 Å². The molecule has 4 saturated carbocycles. The summed E-state index contributed by atoms with van der Waals surface area (Å²) in [4.78, 5) is 25.3. The van der Waals surface area contributed by atoms with Gasteiger partial charge in [-0.3, -0.25) is 9.59 Å². The fourth-order valence-electron chi connectivity index (χ4n) is 6.04. The van der Waals surface area contributed by atoms with Crippen molar-refractivity contribution in [3.05, 3.63) is 22.4 Å². The molecule has 1 atom stereocenters. The Balaban J connectivity index is 1.22. The molecule has 1 aromatic heterocycles. The molecule has 4 nitrogen and oxygen atoms in total. The van der Waals surface area contributed by atoms with Crippen LogP contribution in [0.4, 0.5) is 0 Å². The predicted octanol–water partition coefficient (Wildman–Crippen LogP) is 3.95. The lowest BCUT2D eigenvalue weighted by Crippen LogP contribution is -2.56. The Hall–Kier alpha value is -1.36. The van der Waals surface area contributed by atoms with Crippen LogP contribution in [0.25, 0.3) is 0 Å². The molecular weight excluding hydrogens is 346 g/mol. The monoisotopic (exact) mass is 375 g/mol. The fourth-order valence-corrected chi connectivity index (χ4v) is 6.75. The molecule has 26 heavy (non-hydrogen) atoms. The zero-order valence-electron chi connectivity index (χ0n) is 15.5. The molecule has 4 aliphatic carbocycles. The van der Waals surface area contributed by atoms with Crippen molar-refractivity contribution in [1.82, 2.24) is 5.32 Å². The zero-order chi connectivity index (χ0) is 18.1. The molecule has 1 aromatic rings. The molecule has 5 heteroatoms. The Bertz CT molecular complexity index is 619. The minimum atomic E-state index is -0.295. The number of ether oxygens (including phenoxy) is 1. The van der Waals surface area contributed by atoms with E-state index in [1.807, 2.05) is 17.5 Å². The third-order valence-electron chi connectivity index (χ3n) is 6.90. The van der Waals surface area contributed by atoms with Gasteiger partial charge in [0, 0.05) is 10.9 Å². The predicted molar refractivity (Wildman–Crippen MR) is 102 cm³/mol. The minimum Gasteiger partial charge on any atom is -0.456 e. The Kier molecular flexibility index (Phi) is 5.09. The van der Waals surface area contributed by atoms with E-state index in [0.29, 0.717) is 12.8 Å². The number of hydrogen-bond acceptors (Lipinski definition) is 4. The maximum atomic E-state index is 12.3. The van der Waals surface area contributed by atoms with Gasteiger partial charge in [-0.05, 0) is 86.5 Å². The van der Waals surface area contributed by atoms with Gasteiger partial charge < -0.3 is 10.1 Å². The molecule has 142 valence electrons. The number of carbonyl (C=O) groups excluding carboxylic acids is 2. The summed E-state index contributed by atoms with van der Waals surface area (Å²) in [7, 11) is 0. The normalized spacial score (nSPS) is 33.0. The van der Waals surface area contributed by atoms with Gasteiger partial charge in [0.05, 0.1) is 6.42 Å². The van der Waals surface area contributed by atoms with Crippen LogP contribution in [-0.2, 0) is 20.7 Å². The van der Waals surface area contributed by atoms with Crippen molar-refractivity contribution in [3.8, 4) is 0 Å². The number of carbonyl (C=O) groups is 2. The van der Waals surface area contributed by atoms with Crippen LogP contribution >= 0.6 is 11.3 Å². The van der Waals surface area contributed by atoms with E-state index in [1.165, 1.54) is 43.4 Å². The second-order valence-corrected chi connectivity index (χ2v) is 9.84. The molecule has 0 aliphatic heterocycles. The number of rotatable bonds is 7. The summed E-state index contributed by atoms with van der Waals surface area (Å²) in [5, 5.41) is 5.15. The van der Waals surface area contributed by atoms with Gasteiger partial charge in [-0.25, -0.2) is 0 Å². The average molecular weight is 376 g/mol. The van der Waals surface area contributed by atoms with Crippen LogP contribution in [0.2, 0.25) is 0 Å². The molecule has 0 unspecified atom stereocenters. The molecule has 1 amide bonds. The molecular formula is C21H29NO3S. The third-order valence-corrected chi connectivity index (χ3v) is 7.84. The summed E-state index contributed by atoms with van der Waals surface area (Å²) in [5.41, 5.74) is 0.285. The van der Waals surface area contributed by atoms with Crippen molar-refractivity contribution in [3.63, 3.8) is 0 Å². The molecule has 0 saturated heterocycles. The summed E-state index contributed by atoms with van der Waals surface area (Å²) < 4.78 is 5.18. The van der Waals surface area contributed by atoms with Gasteiger partial charge in [0.2, 0.25) is 0 Å². The Labute approximate surface area is 159 Å². The largest absolute Gasteiger partial charge is 0.456 e. The molecule has 4 aliphatic rings. The van der Waals surface area contributed by atoms with Gasteiger partial charge in [0.25, 0.3) is 5.91 Å². The highest BCUT2D eigenvalue weighted by Gasteiger charge is 2.53. The lowest BCUT2D eigenvalue weighted by Gasteiger charge is -2.59. The van der Waals surface area contributed by atoms with Crippen LogP contribution in [0.1, 0.15) is 56.7 Å². The summed E-state index contributed by atoms with van der Waals surface area (Å²) in [6.07, 6.45) is 9.02. The lowest BCUT2D eigenvalue weighted by molar-refractivity contribution is -0.149. The van der Waals surface area contributed by atoms with Crippen LogP contribution in [-0.4, -0.2) is 24.5 Å². The summed E-state index contributed by atoms with van der Waals surface area (Å²) >= 11 is 1.64. The topological polar surface area (TPSA) is 55.4 Å². The average Bonchev–Trinajstić information content (AvgIpc) is 3.10. The number of thiophene rings is 1. The maximum Gasteiger partial charge on any atom is 0.306 e. The first-order chi connectivity index (χ1) is 12.5. The van der Waals surface area contributed by atoms with Crippen LogP contribution in [0.5, 0.6) is 0 Å². The number of hydrogen-bond donors (Lipinski definition) is 1. The van der Waals surface area contributed by atoms with Crippen molar-refractivity contribution < 1.29 is 14.3 Å². The standard InChI is InChI=1S/C21H29NO3S/c1-14(21-10-15-7-16(11-21)9-17(8-15)12-21)22-19(23)13-25-20(24)5-4-18-3-2-6-26-18/h2-3,6,14-17H,4-5,7-13H2,1H3,(H,22,23)/t14-,15?,16?,17?,21?/m0/s1. The van der Waals surface area contributed by atoms with Crippen molar-refractivity contribution in [2.75, 3.05) is 6.61 Å². The van der Waals surface area contributed by atoms with Crippen LogP contribution < -0.4 is 5.32 Å². The van der Waals surface area contributed by atoms with E-state index in [-0.39, 0.29) is 29.9 Å². The molecule has 1 heterocycles. The molecule has 4 bridgehead atoms. The number of amides is 1.